The zero-order valence-electron chi connectivity index (χ0n) is 19.8. The van der Waals surface area contributed by atoms with Gasteiger partial charge in [-0.05, 0) is 95.8 Å². The molecule has 1 aliphatic rings. The first-order valence-electron chi connectivity index (χ1n) is 11.9. The van der Waals surface area contributed by atoms with Gasteiger partial charge in [0.15, 0.2) is 0 Å². The largest absolute Gasteiger partial charge is 0.487 e. The van der Waals surface area contributed by atoms with Crippen LogP contribution in [-0.2, 0) is 19.4 Å². The lowest BCUT2D eigenvalue weighted by Gasteiger charge is -2.13. The molecule has 37 heavy (non-hydrogen) atoms. The molecule has 1 amide bonds. The molecule has 0 saturated heterocycles. The number of carbonyl (C=O) groups excluding carboxylic acids is 1. The average molecular weight is 706 g/mol. The number of aliphatic imine (C=N–C) groups is 1. The lowest BCUT2D eigenvalue weighted by atomic mass is 9.95. The van der Waals surface area contributed by atoms with E-state index in [1.54, 1.807) is 17.6 Å². The van der Waals surface area contributed by atoms with E-state index in [-0.39, 0.29) is 5.91 Å². The van der Waals surface area contributed by atoms with Gasteiger partial charge in [-0.2, -0.15) is 0 Å². The van der Waals surface area contributed by atoms with E-state index in [1.165, 1.54) is 4.88 Å². The third-order valence-electron chi connectivity index (χ3n) is 6.07. The topological polar surface area (TPSA) is 50.7 Å². The normalized spacial score (nSPS) is 12.9. The summed E-state index contributed by atoms with van der Waals surface area (Å²) in [6, 6.07) is 21.3. The number of para-hydroxylation sites is 1. The molecule has 0 spiro atoms. The molecule has 0 aliphatic heterocycles. The van der Waals surface area contributed by atoms with Gasteiger partial charge in [0.1, 0.15) is 17.4 Å². The highest BCUT2D eigenvalue weighted by Crippen LogP contribution is 2.40. The first kappa shape index (κ1) is 26.4. The Balaban J connectivity index is 1.46. The van der Waals surface area contributed by atoms with Crippen molar-refractivity contribution in [2.45, 2.75) is 32.3 Å². The maximum atomic E-state index is 13.4. The van der Waals surface area contributed by atoms with Crippen LogP contribution < -0.4 is 10.1 Å². The van der Waals surface area contributed by atoms with Gasteiger partial charge in [-0.3, -0.25) is 4.79 Å². The number of halogens is 3. The fourth-order valence-corrected chi connectivity index (χ4v) is 6.99. The van der Waals surface area contributed by atoms with Crippen LogP contribution in [0.2, 0.25) is 5.02 Å². The quantitative estimate of drug-likeness (QED) is 0.154. The summed E-state index contributed by atoms with van der Waals surface area (Å²) in [5, 5.41) is 4.37. The Kier molecular flexibility index (Phi) is 8.64. The Morgan fingerprint density at radius 2 is 1.86 bits per heavy atom. The summed E-state index contributed by atoms with van der Waals surface area (Å²) >= 11 is 13.7. The molecular weight excluding hydrogens is 683 g/mol. The average Bonchev–Trinajstić information content (AvgIpc) is 3.27. The highest BCUT2D eigenvalue weighted by molar-refractivity contribution is 14.1. The zero-order chi connectivity index (χ0) is 25.8. The Labute approximate surface area is 247 Å². The monoisotopic (exact) mass is 704 g/mol. The Morgan fingerprint density at radius 3 is 2.65 bits per heavy atom. The Bertz CT molecular complexity index is 1460. The highest BCUT2D eigenvalue weighted by Gasteiger charge is 2.25. The maximum Gasteiger partial charge on any atom is 0.259 e. The first-order chi connectivity index (χ1) is 18.0. The molecule has 4 aromatic rings. The fraction of sp³-hybridized carbons (Fsp3) is 0.172. The lowest BCUT2D eigenvalue weighted by molar-refractivity contribution is 0.102. The van der Waals surface area contributed by atoms with Gasteiger partial charge < -0.3 is 10.1 Å². The molecule has 3 aromatic carbocycles. The molecule has 1 heterocycles. The van der Waals surface area contributed by atoms with Crippen LogP contribution in [0.4, 0.5) is 10.7 Å². The zero-order valence-corrected chi connectivity index (χ0v) is 25.1. The van der Waals surface area contributed by atoms with E-state index in [9.17, 15) is 4.79 Å². The number of amides is 1. The molecule has 0 fully saturated rings. The number of benzene rings is 3. The molecule has 1 aromatic heterocycles. The summed E-state index contributed by atoms with van der Waals surface area (Å²) in [6.07, 6.45) is 5.87. The number of nitrogens with zero attached hydrogens (tertiary/aromatic N) is 1. The van der Waals surface area contributed by atoms with Crippen molar-refractivity contribution in [1.29, 1.82) is 0 Å². The number of rotatable bonds is 7. The van der Waals surface area contributed by atoms with Crippen molar-refractivity contribution in [1.82, 2.24) is 0 Å². The molecule has 188 valence electrons. The summed E-state index contributed by atoms with van der Waals surface area (Å²) in [5.74, 6) is 0.596. The molecule has 0 atom stereocenters. The third-order valence-corrected chi connectivity index (χ3v) is 8.81. The molecule has 1 N–H and O–H groups in total. The Morgan fingerprint density at radius 1 is 1.11 bits per heavy atom. The van der Waals surface area contributed by atoms with Crippen LogP contribution in [0.15, 0.2) is 76.2 Å². The van der Waals surface area contributed by atoms with Gasteiger partial charge in [0.05, 0.1) is 9.13 Å². The van der Waals surface area contributed by atoms with E-state index in [0.29, 0.717) is 27.9 Å². The molecule has 0 bridgehead atoms. The second-order valence-electron chi connectivity index (χ2n) is 8.69. The van der Waals surface area contributed by atoms with Crippen LogP contribution in [0.1, 0.15) is 44.8 Å². The van der Waals surface area contributed by atoms with E-state index in [1.807, 2.05) is 66.7 Å². The molecule has 5 rings (SSSR count). The smallest absolute Gasteiger partial charge is 0.259 e. The molecule has 8 heteroatoms. The van der Waals surface area contributed by atoms with E-state index in [4.69, 9.17) is 21.3 Å². The second kappa shape index (κ2) is 12.1. The summed E-state index contributed by atoms with van der Waals surface area (Å²) < 4.78 is 8.15. The number of ether oxygens (including phenoxy) is 1. The van der Waals surface area contributed by atoms with Crippen LogP contribution in [-0.4, -0.2) is 12.1 Å². The molecule has 1 aliphatic carbocycles. The SMILES string of the molecule is O=C(Nc1ccccc1)c1c(N=Cc2cc(Cl)cc(I)c2OCc2ccc(Br)cc2)sc2c1CCCC2. The van der Waals surface area contributed by atoms with Crippen molar-refractivity contribution in [3.63, 3.8) is 0 Å². The molecule has 4 nitrogen and oxygen atoms in total. The van der Waals surface area contributed by atoms with Crippen molar-refractivity contribution in [3.8, 4) is 5.75 Å². The van der Waals surface area contributed by atoms with Crippen molar-refractivity contribution in [2.24, 2.45) is 4.99 Å². The van der Waals surface area contributed by atoms with Gasteiger partial charge in [0, 0.05) is 31.8 Å². The minimum Gasteiger partial charge on any atom is -0.487 e. The first-order valence-corrected chi connectivity index (χ1v) is 15.0. The maximum absolute atomic E-state index is 13.4. The van der Waals surface area contributed by atoms with E-state index >= 15 is 0 Å². The fourth-order valence-electron chi connectivity index (χ4n) is 4.28. The van der Waals surface area contributed by atoms with Gasteiger partial charge in [-0.1, -0.05) is 57.9 Å². The van der Waals surface area contributed by atoms with Crippen molar-refractivity contribution >= 4 is 84.3 Å². The van der Waals surface area contributed by atoms with Crippen molar-refractivity contribution < 1.29 is 9.53 Å². The van der Waals surface area contributed by atoms with Gasteiger partial charge in [-0.25, -0.2) is 4.99 Å². The number of thiophene rings is 1. The second-order valence-corrected chi connectivity index (χ2v) is 12.3. The molecular formula is C29H23BrClIN2O2S. The van der Waals surface area contributed by atoms with Crippen LogP contribution >= 0.6 is 61.5 Å². The van der Waals surface area contributed by atoms with Crippen LogP contribution in [0, 0.1) is 3.57 Å². The number of fused-ring (bicyclic) bond motifs is 1. The number of carbonyl (C=O) groups is 1. The summed E-state index contributed by atoms with van der Waals surface area (Å²) in [7, 11) is 0. The summed E-state index contributed by atoms with van der Waals surface area (Å²) in [5.41, 5.74) is 4.40. The standard InChI is InChI=1S/C29H23BrClIN2O2S/c30-20-12-10-18(11-13-20)17-36-27-19(14-21(31)15-24(27)32)16-33-29-26(23-8-4-5-9-25(23)37-29)28(35)34-22-6-2-1-3-7-22/h1-3,6-7,10-16H,4-5,8-9,17H2,(H,34,35). The third kappa shape index (κ3) is 6.45. The number of hydrogen-bond acceptors (Lipinski definition) is 4. The van der Waals surface area contributed by atoms with E-state index in [2.05, 4.69) is 43.8 Å². The van der Waals surface area contributed by atoms with E-state index in [0.717, 1.165) is 56.1 Å². The Hall–Kier alpha value is -2.20. The van der Waals surface area contributed by atoms with Gasteiger partial charge in [-0.15, -0.1) is 11.3 Å². The molecule has 0 saturated carbocycles. The number of aryl methyl sites for hydroxylation is 1. The predicted octanol–water partition coefficient (Wildman–Crippen LogP) is 9.23. The minimum absolute atomic E-state index is 0.120. The van der Waals surface area contributed by atoms with Gasteiger partial charge in [0.25, 0.3) is 5.91 Å². The van der Waals surface area contributed by atoms with Crippen LogP contribution in [0.3, 0.4) is 0 Å². The molecule has 0 radical (unpaired) electrons. The number of hydrogen-bond donors (Lipinski definition) is 1. The lowest BCUT2D eigenvalue weighted by Crippen LogP contribution is -2.14. The number of anilines is 1. The predicted molar refractivity (Wildman–Crippen MR) is 165 cm³/mol. The summed E-state index contributed by atoms with van der Waals surface area (Å²) in [6.45, 7) is 0.420. The highest BCUT2D eigenvalue weighted by atomic mass is 127. The van der Waals surface area contributed by atoms with Crippen LogP contribution in [0.5, 0.6) is 5.75 Å². The number of nitrogens with one attached hydrogen (secondary N) is 1. The van der Waals surface area contributed by atoms with Gasteiger partial charge in [0.2, 0.25) is 0 Å². The minimum atomic E-state index is -0.120. The summed E-state index contributed by atoms with van der Waals surface area (Å²) in [4.78, 5) is 19.5. The van der Waals surface area contributed by atoms with Crippen LogP contribution in [0.25, 0.3) is 0 Å². The van der Waals surface area contributed by atoms with E-state index < -0.39 is 0 Å². The molecule has 0 unspecified atom stereocenters. The van der Waals surface area contributed by atoms with Crippen molar-refractivity contribution in [2.75, 3.05) is 5.32 Å². The van der Waals surface area contributed by atoms with Crippen molar-refractivity contribution in [3.05, 3.63) is 107 Å². The van der Waals surface area contributed by atoms with Gasteiger partial charge >= 0.3 is 0 Å².